The van der Waals surface area contributed by atoms with Crippen molar-refractivity contribution in [1.29, 1.82) is 0 Å². The Hall–Kier alpha value is -1.21. The van der Waals surface area contributed by atoms with Crippen molar-refractivity contribution in [2.24, 2.45) is 0 Å². The third kappa shape index (κ3) is 4.42. The number of halogens is 1. The summed E-state index contributed by atoms with van der Waals surface area (Å²) in [6.07, 6.45) is 4.88. The maximum atomic E-state index is 11.0. The summed E-state index contributed by atoms with van der Waals surface area (Å²) in [5, 5.41) is 0. The standard InChI is InChI=1S/C13H19BrN4O2/c1-20-12(19)3-2-4-17-5-7-18(8-6-17)13-15-9-11(14)10-16-13/h9-10H,2-8H2,1H3. The number of anilines is 1. The SMILES string of the molecule is COC(=O)CCCN1CCN(c2ncc(Br)cn2)CC1. The number of aromatic nitrogens is 2. The molecule has 0 unspecified atom stereocenters. The van der Waals surface area contributed by atoms with Crippen molar-refractivity contribution in [2.75, 3.05) is 44.7 Å². The van der Waals surface area contributed by atoms with Crippen molar-refractivity contribution in [3.05, 3.63) is 16.9 Å². The van der Waals surface area contributed by atoms with Crippen LogP contribution in [-0.4, -0.2) is 60.7 Å². The van der Waals surface area contributed by atoms with Crippen LogP contribution < -0.4 is 4.90 Å². The molecule has 1 saturated heterocycles. The lowest BCUT2D eigenvalue weighted by Gasteiger charge is -2.34. The Morgan fingerprint density at radius 3 is 2.55 bits per heavy atom. The van der Waals surface area contributed by atoms with Crippen molar-refractivity contribution < 1.29 is 9.53 Å². The Kier molecular flexibility index (Phi) is 5.72. The molecule has 0 amide bonds. The smallest absolute Gasteiger partial charge is 0.305 e. The number of carbonyl (C=O) groups is 1. The maximum Gasteiger partial charge on any atom is 0.305 e. The van der Waals surface area contributed by atoms with Gasteiger partial charge < -0.3 is 9.64 Å². The number of piperazine rings is 1. The van der Waals surface area contributed by atoms with Gasteiger partial charge in [0.05, 0.1) is 11.6 Å². The molecule has 1 aliphatic heterocycles. The van der Waals surface area contributed by atoms with E-state index in [4.69, 9.17) is 0 Å². The molecule has 1 fully saturated rings. The van der Waals surface area contributed by atoms with Gasteiger partial charge in [-0.3, -0.25) is 9.69 Å². The number of ether oxygens (including phenoxy) is 1. The lowest BCUT2D eigenvalue weighted by molar-refractivity contribution is -0.140. The van der Waals surface area contributed by atoms with Gasteiger partial charge >= 0.3 is 5.97 Å². The van der Waals surface area contributed by atoms with Crippen LogP contribution in [-0.2, 0) is 9.53 Å². The second kappa shape index (κ2) is 7.54. The van der Waals surface area contributed by atoms with Crippen molar-refractivity contribution in [3.63, 3.8) is 0 Å². The lowest BCUT2D eigenvalue weighted by atomic mass is 10.2. The first kappa shape index (κ1) is 15.2. The molecule has 0 atom stereocenters. The predicted molar refractivity (Wildman–Crippen MR) is 79.6 cm³/mol. The average molecular weight is 343 g/mol. The number of hydrogen-bond donors (Lipinski definition) is 0. The second-order valence-corrected chi connectivity index (χ2v) is 5.63. The van der Waals surface area contributed by atoms with E-state index in [0.717, 1.165) is 49.6 Å². The third-order valence-corrected chi connectivity index (χ3v) is 3.75. The fourth-order valence-corrected chi connectivity index (χ4v) is 2.39. The predicted octanol–water partition coefficient (Wildman–Crippen LogP) is 1.31. The molecule has 20 heavy (non-hydrogen) atoms. The number of nitrogens with zero attached hydrogens (tertiary/aromatic N) is 4. The van der Waals surface area contributed by atoms with Gasteiger partial charge in [0.2, 0.25) is 5.95 Å². The molecule has 0 radical (unpaired) electrons. The zero-order valence-corrected chi connectivity index (χ0v) is 13.2. The Labute approximate surface area is 127 Å². The van der Waals surface area contributed by atoms with Gasteiger partial charge in [-0.15, -0.1) is 0 Å². The van der Waals surface area contributed by atoms with Crippen LogP contribution >= 0.6 is 15.9 Å². The van der Waals surface area contributed by atoms with Crippen LogP contribution in [0, 0.1) is 0 Å². The fraction of sp³-hybridized carbons (Fsp3) is 0.615. The Bertz CT molecular complexity index is 433. The van der Waals surface area contributed by atoms with E-state index in [2.05, 4.69) is 40.4 Å². The van der Waals surface area contributed by atoms with Crippen molar-refractivity contribution in [1.82, 2.24) is 14.9 Å². The highest BCUT2D eigenvalue weighted by molar-refractivity contribution is 9.10. The molecule has 7 heteroatoms. The first-order chi connectivity index (χ1) is 9.69. The summed E-state index contributed by atoms with van der Waals surface area (Å²) in [7, 11) is 1.43. The summed E-state index contributed by atoms with van der Waals surface area (Å²) >= 11 is 3.34. The molecule has 0 bridgehead atoms. The summed E-state index contributed by atoms with van der Waals surface area (Å²) in [4.78, 5) is 24.2. The summed E-state index contributed by atoms with van der Waals surface area (Å²) in [6, 6.07) is 0. The third-order valence-electron chi connectivity index (χ3n) is 3.34. The summed E-state index contributed by atoms with van der Waals surface area (Å²) in [6.45, 7) is 4.71. The summed E-state index contributed by atoms with van der Waals surface area (Å²) in [5.41, 5.74) is 0. The minimum absolute atomic E-state index is 0.133. The van der Waals surface area contributed by atoms with Gasteiger partial charge in [0, 0.05) is 45.0 Å². The minimum Gasteiger partial charge on any atom is -0.469 e. The van der Waals surface area contributed by atoms with Gasteiger partial charge in [0.1, 0.15) is 0 Å². The van der Waals surface area contributed by atoms with E-state index < -0.39 is 0 Å². The normalized spacial score (nSPS) is 16.2. The molecular formula is C13H19BrN4O2. The Balaban J connectivity index is 1.72. The number of carbonyl (C=O) groups excluding carboxylic acids is 1. The van der Waals surface area contributed by atoms with Gasteiger partial charge in [-0.2, -0.15) is 0 Å². The quantitative estimate of drug-likeness (QED) is 0.752. The molecule has 2 rings (SSSR count). The minimum atomic E-state index is -0.133. The van der Waals surface area contributed by atoms with Crippen LogP contribution in [0.15, 0.2) is 16.9 Å². The molecule has 6 nitrogen and oxygen atoms in total. The monoisotopic (exact) mass is 342 g/mol. The number of esters is 1. The van der Waals surface area contributed by atoms with E-state index in [1.54, 1.807) is 12.4 Å². The van der Waals surface area contributed by atoms with E-state index in [0.29, 0.717) is 6.42 Å². The Morgan fingerprint density at radius 1 is 1.30 bits per heavy atom. The number of rotatable bonds is 5. The zero-order chi connectivity index (χ0) is 14.4. The summed E-state index contributed by atoms with van der Waals surface area (Å²) < 4.78 is 5.53. The molecule has 1 aliphatic rings. The van der Waals surface area contributed by atoms with Crippen LogP contribution in [0.3, 0.4) is 0 Å². The molecule has 0 saturated carbocycles. The molecule has 0 aliphatic carbocycles. The van der Waals surface area contributed by atoms with Crippen LogP contribution in [0.2, 0.25) is 0 Å². The second-order valence-electron chi connectivity index (χ2n) is 4.71. The highest BCUT2D eigenvalue weighted by atomic mass is 79.9. The van der Waals surface area contributed by atoms with Gasteiger partial charge in [-0.1, -0.05) is 0 Å². The molecule has 0 N–H and O–H groups in total. The lowest BCUT2D eigenvalue weighted by Crippen LogP contribution is -2.47. The highest BCUT2D eigenvalue weighted by Crippen LogP contribution is 2.13. The molecule has 0 spiro atoms. The van der Waals surface area contributed by atoms with E-state index in [-0.39, 0.29) is 5.97 Å². The largest absolute Gasteiger partial charge is 0.469 e. The van der Waals surface area contributed by atoms with E-state index in [1.165, 1.54) is 7.11 Å². The van der Waals surface area contributed by atoms with Gasteiger partial charge in [0.15, 0.2) is 0 Å². The maximum absolute atomic E-state index is 11.0. The van der Waals surface area contributed by atoms with E-state index >= 15 is 0 Å². The van der Waals surface area contributed by atoms with E-state index in [9.17, 15) is 4.79 Å². The van der Waals surface area contributed by atoms with Crippen LogP contribution in [0.25, 0.3) is 0 Å². The van der Waals surface area contributed by atoms with Crippen molar-refractivity contribution >= 4 is 27.8 Å². The van der Waals surface area contributed by atoms with Gasteiger partial charge in [-0.05, 0) is 28.9 Å². The van der Waals surface area contributed by atoms with Crippen molar-refractivity contribution in [2.45, 2.75) is 12.8 Å². The average Bonchev–Trinajstić information content (AvgIpc) is 2.48. The summed E-state index contributed by atoms with van der Waals surface area (Å²) in [5.74, 6) is 0.648. The Morgan fingerprint density at radius 2 is 1.95 bits per heavy atom. The molecule has 0 aromatic carbocycles. The number of hydrogen-bond acceptors (Lipinski definition) is 6. The van der Waals surface area contributed by atoms with Gasteiger partial charge in [0.25, 0.3) is 0 Å². The molecule has 1 aromatic heterocycles. The van der Waals surface area contributed by atoms with Gasteiger partial charge in [-0.25, -0.2) is 9.97 Å². The topological polar surface area (TPSA) is 58.6 Å². The first-order valence-electron chi connectivity index (χ1n) is 6.70. The van der Waals surface area contributed by atoms with Crippen LogP contribution in [0.4, 0.5) is 5.95 Å². The van der Waals surface area contributed by atoms with Crippen LogP contribution in [0.1, 0.15) is 12.8 Å². The molecular weight excluding hydrogens is 324 g/mol. The van der Waals surface area contributed by atoms with E-state index in [1.807, 2.05) is 0 Å². The molecule has 110 valence electrons. The van der Waals surface area contributed by atoms with Crippen LogP contribution in [0.5, 0.6) is 0 Å². The van der Waals surface area contributed by atoms with Crippen molar-refractivity contribution in [3.8, 4) is 0 Å². The zero-order valence-electron chi connectivity index (χ0n) is 11.6. The first-order valence-corrected chi connectivity index (χ1v) is 7.50. The fourth-order valence-electron chi connectivity index (χ4n) is 2.19. The number of methoxy groups -OCH3 is 1. The molecule has 1 aromatic rings. The molecule has 2 heterocycles. The highest BCUT2D eigenvalue weighted by Gasteiger charge is 2.18.